The van der Waals surface area contributed by atoms with Gasteiger partial charge in [0, 0.05) is 11.1 Å². The molecule has 0 aliphatic heterocycles. The van der Waals surface area contributed by atoms with E-state index in [9.17, 15) is 43.5 Å². The number of hydrogen-bond donors (Lipinski definition) is 1. The highest BCUT2D eigenvalue weighted by Gasteiger charge is 2.42. The molecular weight excluding hydrogens is 480 g/mol. The van der Waals surface area contributed by atoms with Crippen molar-refractivity contribution in [2.45, 2.75) is 17.4 Å². The lowest BCUT2D eigenvalue weighted by Gasteiger charge is -2.11. The van der Waals surface area contributed by atoms with E-state index in [1.54, 1.807) is 0 Å². The second-order valence-electron chi connectivity index (χ2n) is 6.11. The van der Waals surface area contributed by atoms with Crippen LogP contribution in [0.2, 0.25) is 0 Å². The van der Waals surface area contributed by atoms with Crippen molar-refractivity contribution in [3.05, 3.63) is 53.8 Å². The third-order valence-electron chi connectivity index (χ3n) is 3.91. The monoisotopic (exact) mass is 488 g/mol. The first-order valence-electron chi connectivity index (χ1n) is 8.03. The van der Waals surface area contributed by atoms with E-state index in [2.05, 4.69) is 14.4 Å². The molecule has 0 spiro atoms. The minimum absolute atomic E-state index is 0.0806. The highest BCUT2D eigenvalue weighted by molar-refractivity contribution is 7.89. The maximum absolute atomic E-state index is 14.6. The lowest BCUT2D eigenvalue weighted by atomic mass is 9.98. The molecule has 0 aliphatic rings. The molecule has 1 aromatic heterocycles. The molecule has 32 heavy (non-hydrogen) atoms. The van der Waals surface area contributed by atoms with Crippen LogP contribution in [-0.2, 0) is 16.2 Å². The van der Waals surface area contributed by atoms with Gasteiger partial charge in [-0.05, 0) is 36.4 Å². The summed E-state index contributed by atoms with van der Waals surface area (Å²) in [5.41, 5.74) is -3.17. The van der Waals surface area contributed by atoms with Crippen LogP contribution in [0.15, 0.2) is 45.8 Å². The number of ether oxygens (including phenoxy) is 1. The van der Waals surface area contributed by atoms with E-state index >= 15 is 0 Å². The van der Waals surface area contributed by atoms with Gasteiger partial charge in [0.25, 0.3) is 0 Å². The van der Waals surface area contributed by atoms with Gasteiger partial charge < -0.3 is 9.26 Å². The molecule has 0 aliphatic carbocycles. The summed E-state index contributed by atoms with van der Waals surface area (Å²) >= 11 is 0. The van der Waals surface area contributed by atoms with Gasteiger partial charge in [-0.25, -0.2) is 22.3 Å². The van der Waals surface area contributed by atoms with E-state index in [4.69, 9.17) is 5.14 Å². The molecule has 3 rings (SSSR count). The van der Waals surface area contributed by atoms with Crippen molar-refractivity contribution < 1.29 is 52.8 Å². The second-order valence-corrected chi connectivity index (χ2v) is 7.64. The average Bonchev–Trinajstić information content (AvgIpc) is 3.07. The smallest absolute Gasteiger partial charge is 0.406 e. The lowest BCUT2D eigenvalue weighted by molar-refractivity contribution is -0.274. The van der Waals surface area contributed by atoms with E-state index in [1.807, 2.05) is 0 Å². The highest BCUT2D eigenvalue weighted by atomic mass is 32.2. The molecule has 172 valence electrons. The molecule has 0 fully saturated rings. The summed E-state index contributed by atoms with van der Waals surface area (Å²) in [5.74, 6) is -5.83. The summed E-state index contributed by atoms with van der Waals surface area (Å²) in [6.45, 7) is 0. The molecule has 0 bridgehead atoms. The number of primary sulfonamides is 1. The fourth-order valence-corrected chi connectivity index (χ4v) is 3.28. The normalized spacial score (nSPS) is 12.8. The van der Waals surface area contributed by atoms with Crippen molar-refractivity contribution in [1.29, 1.82) is 0 Å². The van der Waals surface area contributed by atoms with E-state index in [0.717, 1.165) is 24.3 Å². The minimum atomic E-state index is -5.25. The summed E-state index contributed by atoms with van der Waals surface area (Å²) < 4.78 is 136. The van der Waals surface area contributed by atoms with Crippen LogP contribution < -0.4 is 9.88 Å². The van der Waals surface area contributed by atoms with Gasteiger partial charge in [-0.3, -0.25) is 0 Å². The van der Waals surface area contributed by atoms with Crippen LogP contribution in [-0.4, -0.2) is 19.9 Å². The lowest BCUT2D eigenvalue weighted by Crippen LogP contribution is -2.16. The van der Waals surface area contributed by atoms with Gasteiger partial charge in [0.1, 0.15) is 28.0 Å². The standard InChI is InChI=1S/C17H8F8N2O4S/c18-10-6-12(32(26,28)29)11(19)5-9(10)13-14(27-31-15(13)16(20,21)22)7-1-3-8(4-2-7)30-17(23,24)25/h1-6H,(H2,26,28,29). The predicted molar refractivity (Wildman–Crippen MR) is 90.3 cm³/mol. The van der Waals surface area contributed by atoms with Crippen molar-refractivity contribution in [2.24, 2.45) is 5.14 Å². The maximum Gasteiger partial charge on any atom is 0.573 e. The third kappa shape index (κ3) is 4.83. The van der Waals surface area contributed by atoms with E-state index in [1.165, 1.54) is 0 Å². The molecule has 2 aromatic carbocycles. The van der Waals surface area contributed by atoms with Gasteiger partial charge in [0.2, 0.25) is 15.8 Å². The summed E-state index contributed by atoms with van der Waals surface area (Å²) in [6.07, 6.45) is -10.3. The molecular formula is C17H8F8N2O4S. The molecule has 1 heterocycles. The highest BCUT2D eigenvalue weighted by Crippen LogP contribution is 2.44. The van der Waals surface area contributed by atoms with Crippen LogP contribution in [0, 0.1) is 11.6 Å². The fourth-order valence-electron chi connectivity index (χ4n) is 2.68. The maximum atomic E-state index is 14.6. The van der Waals surface area contributed by atoms with Gasteiger partial charge in [-0.2, -0.15) is 13.2 Å². The van der Waals surface area contributed by atoms with E-state index in [-0.39, 0.29) is 17.7 Å². The number of nitrogens with two attached hydrogens (primary N) is 1. The molecule has 6 nitrogen and oxygen atoms in total. The quantitative estimate of drug-likeness (QED) is 0.530. The van der Waals surface area contributed by atoms with Gasteiger partial charge >= 0.3 is 12.5 Å². The zero-order chi connectivity index (χ0) is 24.1. The Labute approximate surface area is 173 Å². The van der Waals surface area contributed by atoms with Crippen LogP contribution in [0.3, 0.4) is 0 Å². The predicted octanol–water partition coefficient (Wildman–Crippen LogP) is 4.85. The zero-order valence-corrected chi connectivity index (χ0v) is 15.9. The first-order chi connectivity index (χ1) is 14.6. The largest absolute Gasteiger partial charge is 0.573 e. The number of rotatable bonds is 4. The second kappa shape index (κ2) is 7.74. The van der Waals surface area contributed by atoms with Crippen LogP contribution in [0.1, 0.15) is 5.76 Å². The molecule has 0 radical (unpaired) electrons. The average molecular weight is 488 g/mol. The summed E-state index contributed by atoms with van der Waals surface area (Å²) in [6, 6.07) is 3.47. The van der Waals surface area contributed by atoms with Crippen molar-refractivity contribution in [2.75, 3.05) is 0 Å². The first kappa shape index (κ1) is 23.5. The summed E-state index contributed by atoms with van der Waals surface area (Å²) in [5, 5.41) is 7.92. The molecule has 0 atom stereocenters. The first-order valence-corrected chi connectivity index (χ1v) is 9.58. The Morgan fingerprint density at radius 3 is 2.03 bits per heavy atom. The van der Waals surface area contributed by atoms with Crippen molar-refractivity contribution >= 4 is 10.0 Å². The molecule has 0 saturated heterocycles. The number of hydrogen-bond acceptors (Lipinski definition) is 5. The molecule has 0 amide bonds. The fraction of sp³-hybridized carbons (Fsp3) is 0.118. The SMILES string of the molecule is NS(=O)(=O)c1cc(F)c(-c2c(-c3ccc(OC(F)(F)F)cc3)noc2C(F)(F)F)cc1F. The Morgan fingerprint density at radius 1 is 0.938 bits per heavy atom. The number of alkyl halides is 6. The van der Waals surface area contributed by atoms with Gasteiger partial charge in [-0.1, -0.05) is 5.16 Å². The summed E-state index contributed by atoms with van der Waals surface area (Å²) in [7, 11) is -4.74. The van der Waals surface area contributed by atoms with Crippen LogP contribution >= 0.6 is 0 Å². The van der Waals surface area contributed by atoms with Crippen molar-refractivity contribution in [3.8, 4) is 28.1 Å². The topological polar surface area (TPSA) is 95.4 Å². The van der Waals surface area contributed by atoms with E-state index < -0.39 is 67.4 Å². The number of nitrogens with zero attached hydrogens (tertiary/aromatic N) is 1. The molecule has 0 unspecified atom stereocenters. The van der Waals surface area contributed by atoms with Gasteiger partial charge in [-0.15, -0.1) is 13.2 Å². The Hall–Kier alpha value is -3.20. The van der Waals surface area contributed by atoms with Gasteiger partial charge in [0.15, 0.2) is 0 Å². The zero-order valence-electron chi connectivity index (χ0n) is 15.1. The minimum Gasteiger partial charge on any atom is -0.406 e. The Kier molecular flexibility index (Phi) is 5.67. The van der Waals surface area contributed by atoms with Crippen LogP contribution in [0.5, 0.6) is 5.75 Å². The number of sulfonamides is 1. The van der Waals surface area contributed by atoms with Crippen molar-refractivity contribution in [1.82, 2.24) is 5.16 Å². The molecule has 3 aromatic rings. The Bertz CT molecular complexity index is 1270. The number of aromatic nitrogens is 1. The van der Waals surface area contributed by atoms with E-state index in [0.29, 0.717) is 0 Å². The van der Waals surface area contributed by atoms with Crippen LogP contribution in [0.4, 0.5) is 35.1 Å². The number of benzene rings is 2. The Balaban J connectivity index is 2.21. The molecule has 2 N–H and O–H groups in total. The van der Waals surface area contributed by atoms with Gasteiger partial charge in [0.05, 0.1) is 5.56 Å². The molecule has 15 heteroatoms. The third-order valence-corrected chi connectivity index (χ3v) is 4.83. The molecule has 0 saturated carbocycles. The van der Waals surface area contributed by atoms with Crippen molar-refractivity contribution in [3.63, 3.8) is 0 Å². The number of halogens is 8. The Morgan fingerprint density at radius 2 is 1.53 bits per heavy atom. The van der Waals surface area contributed by atoms with Crippen LogP contribution in [0.25, 0.3) is 22.4 Å². The summed E-state index contributed by atoms with van der Waals surface area (Å²) in [4.78, 5) is -1.31.